The summed E-state index contributed by atoms with van der Waals surface area (Å²) in [6, 6.07) is 16.0. The molecule has 36 heavy (non-hydrogen) atoms. The number of nitrogens with zero attached hydrogens (tertiary/aromatic N) is 1. The molecule has 2 aromatic rings. The van der Waals surface area contributed by atoms with Crippen molar-refractivity contribution in [2.75, 3.05) is 24.7 Å². The number of carbonyl (C=O) groups excluding carboxylic acids is 3. The summed E-state index contributed by atoms with van der Waals surface area (Å²) in [5.74, 6) is 1.44. The summed E-state index contributed by atoms with van der Waals surface area (Å²) in [7, 11) is 0. The van der Waals surface area contributed by atoms with Gasteiger partial charge in [0.15, 0.2) is 5.78 Å². The minimum absolute atomic E-state index is 0.0138. The van der Waals surface area contributed by atoms with Crippen LogP contribution in [0.4, 0.5) is 0 Å². The molecule has 2 aromatic carbocycles. The van der Waals surface area contributed by atoms with Gasteiger partial charge >= 0.3 is 0 Å². The summed E-state index contributed by atoms with van der Waals surface area (Å²) in [6.07, 6.45) is 2.83. The summed E-state index contributed by atoms with van der Waals surface area (Å²) < 4.78 is 0. The molecule has 9 heteroatoms. The average Bonchev–Trinajstić information content (AvgIpc) is 3.43. The van der Waals surface area contributed by atoms with Crippen molar-refractivity contribution in [1.29, 1.82) is 0 Å². The van der Waals surface area contributed by atoms with Crippen LogP contribution in [0.1, 0.15) is 40.7 Å². The lowest BCUT2D eigenvalue weighted by molar-refractivity contribution is -0.131. The van der Waals surface area contributed by atoms with E-state index in [0.29, 0.717) is 24.9 Å². The largest absolute Gasteiger partial charge is 0.352 e. The molecule has 1 heterocycles. The summed E-state index contributed by atoms with van der Waals surface area (Å²) >= 11 is 6.22. The Morgan fingerprint density at radius 1 is 1.03 bits per heavy atom. The number of carbonyl (C=O) groups is 3. The van der Waals surface area contributed by atoms with Crippen molar-refractivity contribution in [2.45, 2.75) is 49.4 Å². The van der Waals surface area contributed by atoms with Gasteiger partial charge in [-0.05, 0) is 48.9 Å². The second-order valence-corrected chi connectivity index (χ2v) is 10.8. The van der Waals surface area contributed by atoms with Crippen molar-refractivity contribution in [2.24, 2.45) is 11.5 Å². The van der Waals surface area contributed by atoms with Crippen molar-refractivity contribution in [1.82, 2.24) is 10.2 Å². The molecular weight excluding hydrogens is 492 g/mol. The molecule has 0 bridgehead atoms. The maximum Gasteiger partial charge on any atom is 0.251 e. The monoisotopic (exact) mass is 528 g/mol. The second kappa shape index (κ2) is 14.4. The molecule has 1 saturated heterocycles. The van der Waals surface area contributed by atoms with E-state index in [9.17, 15) is 14.4 Å². The van der Waals surface area contributed by atoms with Crippen molar-refractivity contribution >= 4 is 42.0 Å². The molecule has 5 N–H and O–H groups in total. The predicted octanol–water partition coefficient (Wildman–Crippen LogP) is 2.43. The Hall–Kier alpha value is -2.33. The first kappa shape index (κ1) is 28.2. The molecule has 0 radical (unpaired) electrons. The van der Waals surface area contributed by atoms with Gasteiger partial charge in [0.05, 0.1) is 17.2 Å². The molecule has 3 unspecified atom stereocenters. The van der Waals surface area contributed by atoms with Crippen LogP contribution in [-0.2, 0) is 22.4 Å². The van der Waals surface area contributed by atoms with Gasteiger partial charge in [-0.15, -0.1) is 11.8 Å². The van der Waals surface area contributed by atoms with Gasteiger partial charge in [0.1, 0.15) is 0 Å². The third-order valence-electron chi connectivity index (χ3n) is 6.23. The Morgan fingerprint density at radius 3 is 2.50 bits per heavy atom. The van der Waals surface area contributed by atoms with Gasteiger partial charge in [0.25, 0.3) is 5.91 Å². The minimum atomic E-state index is -0.592. The maximum absolute atomic E-state index is 12.8. The van der Waals surface area contributed by atoms with Crippen molar-refractivity contribution in [3.8, 4) is 0 Å². The topological polar surface area (TPSA) is 119 Å². The van der Waals surface area contributed by atoms with E-state index in [1.807, 2.05) is 41.3 Å². The zero-order chi connectivity index (χ0) is 25.9. The van der Waals surface area contributed by atoms with Crippen LogP contribution in [-0.4, -0.2) is 64.6 Å². The molecule has 1 aliphatic heterocycles. The lowest BCUT2D eigenvalue weighted by atomic mass is 9.97. The van der Waals surface area contributed by atoms with Gasteiger partial charge in [0.2, 0.25) is 5.91 Å². The first-order chi connectivity index (χ1) is 17.3. The Kier molecular flexibility index (Phi) is 11.3. The number of nitrogens with two attached hydrogens (primary N) is 2. The first-order valence-electron chi connectivity index (χ1n) is 12.3. The van der Waals surface area contributed by atoms with Crippen molar-refractivity contribution in [3.63, 3.8) is 0 Å². The van der Waals surface area contributed by atoms with E-state index in [4.69, 9.17) is 11.5 Å². The highest BCUT2D eigenvalue weighted by atomic mass is 32.2. The van der Waals surface area contributed by atoms with Crippen LogP contribution in [0, 0.1) is 0 Å². The molecule has 1 aliphatic rings. The first-order valence-corrected chi connectivity index (χ1v) is 14.0. The molecule has 0 spiro atoms. The Labute approximate surface area is 223 Å². The molecule has 194 valence electrons. The maximum atomic E-state index is 12.8. The van der Waals surface area contributed by atoms with Crippen LogP contribution in [0.25, 0.3) is 0 Å². The third-order valence-corrected chi connectivity index (χ3v) is 7.86. The van der Waals surface area contributed by atoms with Crippen LogP contribution < -0.4 is 16.8 Å². The van der Waals surface area contributed by atoms with Crippen LogP contribution in [0.15, 0.2) is 54.6 Å². The number of hydrogen-bond acceptors (Lipinski definition) is 7. The fourth-order valence-electron chi connectivity index (χ4n) is 4.10. The SMILES string of the molecule is NC(CCCCNC(=O)c1cccc(CC(=O)C(S)C(N)Cc2ccccc2)c1)C(=O)N1CCSC1. The number of Topliss-reactive ketones (excluding diaryl/α,β-unsaturated/α-hetero) is 1. The number of thioether (sulfide) groups is 1. The zero-order valence-corrected chi connectivity index (χ0v) is 22.2. The number of thiol groups is 1. The molecule has 2 amide bonds. The molecule has 3 rings (SSSR count). The highest BCUT2D eigenvalue weighted by Crippen LogP contribution is 2.16. The van der Waals surface area contributed by atoms with E-state index >= 15 is 0 Å². The third kappa shape index (κ3) is 8.65. The number of ketones is 1. The number of unbranched alkanes of at least 4 members (excludes halogenated alkanes) is 1. The number of amides is 2. The highest BCUT2D eigenvalue weighted by molar-refractivity contribution is 7.99. The molecule has 0 saturated carbocycles. The molecule has 1 fully saturated rings. The Morgan fingerprint density at radius 2 is 1.78 bits per heavy atom. The van der Waals surface area contributed by atoms with E-state index in [2.05, 4.69) is 17.9 Å². The van der Waals surface area contributed by atoms with Gasteiger partial charge in [0, 0.05) is 36.9 Å². The number of benzene rings is 2. The lowest BCUT2D eigenvalue weighted by Gasteiger charge is -2.19. The summed E-state index contributed by atoms with van der Waals surface area (Å²) in [5.41, 5.74) is 14.6. The molecule has 0 aromatic heterocycles. The molecule has 3 atom stereocenters. The fourth-order valence-corrected chi connectivity index (χ4v) is 5.26. The average molecular weight is 529 g/mol. The Bertz CT molecular complexity index is 1020. The predicted molar refractivity (Wildman–Crippen MR) is 149 cm³/mol. The Balaban J connectivity index is 1.40. The highest BCUT2D eigenvalue weighted by Gasteiger charge is 2.24. The second-order valence-electron chi connectivity index (χ2n) is 9.14. The molecule has 7 nitrogen and oxygen atoms in total. The van der Waals surface area contributed by atoms with E-state index in [-0.39, 0.29) is 24.0 Å². The van der Waals surface area contributed by atoms with Crippen LogP contribution in [0.2, 0.25) is 0 Å². The summed E-state index contributed by atoms with van der Waals surface area (Å²) in [4.78, 5) is 39.4. The van der Waals surface area contributed by atoms with Crippen molar-refractivity contribution in [3.05, 3.63) is 71.3 Å². The quantitative estimate of drug-likeness (QED) is 0.234. The van der Waals surface area contributed by atoms with E-state index in [1.54, 1.807) is 30.0 Å². The number of rotatable bonds is 13. The van der Waals surface area contributed by atoms with Crippen LogP contribution in [0.3, 0.4) is 0 Å². The lowest BCUT2D eigenvalue weighted by Crippen LogP contribution is -2.42. The van der Waals surface area contributed by atoms with E-state index in [1.165, 1.54) is 0 Å². The smallest absolute Gasteiger partial charge is 0.251 e. The van der Waals surface area contributed by atoms with Gasteiger partial charge in [-0.2, -0.15) is 12.6 Å². The van der Waals surface area contributed by atoms with E-state index < -0.39 is 17.3 Å². The van der Waals surface area contributed by atoms with Crippen LogP contribution in [0.5, 0.6) is 0 Å². The summed E-state index contributed by atoms with van der Waals surface area (Å²) in [6.45, 7) is 1.27. The van der Waals surface area contributed by atoms with Crippen LogP contribution >= 0.6 is 24.4 Å². The normalized spacial score (nSPS) is 15.8. The van der Waals surface area contributed by atoms with Gasteiger partial charge in [-0.25, -0.2) is 0 Å². The zero-order valence-electron chi connectivity index (χ0n) is 20.5. The number of hydrogen-bond donors (Lipinski definition) is 4. The van der Waals surface area contributed by atoms with Gasteiger partial charge in [-0.1, -0.05) is 42.5 Å². The minimum Gasteiger partial charge on any atom is -0.352 e. The standard InChI is InChI=1S/C27H36N4O3S2/c28-22(27(34)31-13-14-36-18-31)11-4-5-12-30-26(33)21-10-6-9-20(15-21)17-24(32)25(35)23(29)16-19-7-2-1-3-8-19/h1-3,6-10,15,22-23,25,35H,4-5,11-14,16-18,28-29H2,(H,30,33). The number of nitrogens with one attached hydrogen (secondary N) is 1. The van der Waals surface area contributed by atoms with Gasteiger partial charge in [-0.3, -0.25) is 14.4 Å². The van der Waals surface area contributed by atoms with Crippen molar-refractivity contribution < 1.29 is 14.4 Å². The van der Waals surface area contributed by atoms with Gasteiger partial charge < -0.3 is 21.7 Å². The molecular formula is C27H36N4O3S2. The van der Waals surface area contributed by atoms with E-state index in [0.717, 1.165) is 42.1 Å². The summed E-state index contributed by atoms with van der Waals surface area (Å²) in [5, 5.41) is 2.31. The fraction of sp³-hybridized carbons (Fsp3) is 0.444. The molecule has 0 aliphatic carbocycles.